The van der Waals surface area contributed by atoms with Crippen LogP contribution in [0.15, 0.2) is 29.6 Å². The van der Waals surface area contributed by atoms with Crippen molar-refractivity contribution in [3.8, 4) is 0 Å². The van der Waals surface area contributed by atoms with E-state index >= 15 is 0 Å². The third-order valence-electron chi connectivity index (χ3n) is 4.14. The molecule has 0 spiro atoms. The standard InChI is InChI=1S/C20H23N5O2S/c1-11(2)8-17(21-13(4)26)20-23-18(10-28-20)19(27)22-15-6-5-7-16-14(15)9-12(3)24-25-16/h5-7,9-11,17H,8H2,1-4H3,(H,21,26)(H,22,27)/t17-/m1/s1. The van der Waals surface area contributed by atoms with E-state index in [9.17, 15) is 9.59 Å². The molecule has 8 heteroatoms. The fourth-order valence-corrected chi connectivity index (χ4v) is 3.81. The Balaban J connectivity index is 1.82. The third-order valence-corrected chi connectivity index (χ3v) is 5.10. The molecule has 28 heavy (non-hydrogen) atoms. The predicted octanol–water partition coefficient (Wildman–Crippen LogP) is 3.87. The maximum Gasteiger partial charge on any atom is 0.275 e. The summed E-state index contributed by atoms with van der Waals surface area (Å²) >= 11 is 1.38. The van der Waals surface area contributed by atoms with Crippen LogP contribution in [-0.4, -0.2) is 27.0 Å². The van der Waals surface area contributed by atoms with Gasteiger partial charge in [-0.3, -0.25) is 9.59 Å². The van der Waals surface area contributed by atoms with Crippen molar-refractivity contribution >= 4 is 39.7 Å². The van der Waals surface area contributed by atoms with Crippen LogP contribution in [0.5, 0.6) is 0 Å². The van der Waals surface area contributed by atoms with E-state index in [1.807, 2.05) is 31.2 Å². The minimum absolute atomic E-state index is 0.112. The molecule has 0 aliphatic rings. The molecule has 2 heterocycles. The number of nitrogens with zero attached hydrogens (tertiary/aromatic N) is 3. The van der Waals surface area contributed by atoms with E-state index in [0.29, 0.717) is 22.8 Å². The number of fused-ring (bicyclic) bond motifs is 1. The van der Waals surface area contributed by atoms with Crippen molar-refractivity contribution < 1.29 is 9.59 Å². The lowest BCUT2D eigenvalue weighted by molar-refractivity contribution is -0.119. The van der Waals surface area contributed by atoms with E-state index < -0.39 is 0 Å². The summed E-state index contributed by atoms with van der Waals surface area (Å²) in [6.07, 6.45) is 0.759. The van der Waals surface area contributed by atoms with Crippen LogP contribution < -0.4 is 10.6 Å². The van der Waals surface area contributed by atoms with Crippen LogP contribution in [0.2, 0.25) is 0 Å². The highest BCUT2D eigenvalue weighted by Gasteiger charge is 2.20. The second-order valence-corrected chi connectivity index (χ2v) is 8.02. The van der Waals surface area contributed by atoms with Crippen molar-refractivity contribution in [2.45, 2.75) is 40.2 Å². The average Bonchev–Trinajstić information content (AvgIpc) is 3.11. The Morgan fingerprint density at radius 3 is 2.71 bits per heavy atom. The van der Waals surface area contributed by atoms with Crippen LogP contribution in [0.25, 0.3) is 10.9 Å². The molecule has 0 unspecified atom stereocenters. The Kier molecular flexibility index (Phi) is 5.99. The van der Waals surface area contributed by atoms with Crippen molar-refractivity contribution in [2.75, 3.05) is 5.32 Å². The lowest BCUT2D eigenvalue weighted by atomic mass is 10.0. The number of rotatable bonds is 6. The Morgan fingerprint density at radius 2 is 2.00 bits per heavy atom. The molecule has 3 aromatic rings. The van der Waals surface area contributed by atoms with Gasteiger partial charge in [-0.25, -0.2) is 4.98 Å². The Labute approximate surface area is 167 Å². The summed E-state index contributed by atoms with van der Waals surface area (Å²) in [5.74, 6) is -0.0206. The second-order valence-electron chi connectivity index (χ2n) is 7.13. The van der Waals surface area contributed by atoms with Crippen LogP contribution in [0.1, 0.15) is 54.4 Å². The molecule has 3 rings (SSSR count). The number of benzene rings is 1. The predicted molar refractivity (Wildman–Crippen MR) is 110 cm³/mol. The minimum atomic E-state index is -0.296. The maximum absolute atomic E-state index is 12.7. The number of carbonyl (C=O) groups excluding carboxylic acids is 2. The Hall–Kier alpha value is -2.87. The van der Waals surface area contributed by atoms with E-state index in [1.165, 1.54) is 18.3 Å². The first kappa shape index (κ1) is 19.9. The van der Waals surface area contributed by atoms with Crippen molar-refractivity contribution in [1.82, 2.24) is 20.5 Å². The molecule has 0 aliphatic carbocycles. The zero-order valence-electron chi connectivity index (χ0n) is 16.3. The molecule has 146 valence electrons. The van der Waals surface area contributed by atoms with Gasteiger partial charge in [0.2, 0.25) is 5.91 Å². The van der Waals surface area contributed by atoms with Crippen molar-refractivity contribution in [3.05, 3.63) is 46.0 Å². The molecule has 1 atom stereocenters. The fraction of sp³-hybridized carbons (Fsp3) is 0.350. The van der Waals surface area contributed by atoms with Gasteiger partial charge >= 0.3 is 0 Å². The van der Waals surface area contributed by atoms with Crippen molar-refractivity contribution in [1.29, 1.82) is 0 Å². The number of aryl methyl sites for hydroxylation is 1. The van der Waals surface area contributed by atoms with Gasteiger partial charge in [-0.1, -0.05) is 19.9 Å². The third kappa shape index (κ3) is 4.69. The molecule has 2 N–H and O–H groups in total. The molecule has 0 aliphatic heterocycles. The first-order valence-electron chi connectivity index (χ1n) is 9.10. The van der Waals surface area contributed by atoms with Gasteiger partial charge in [0.15, 0.2) is 0 Å². The number of thiazole rings is 1. The number of amides is 2. The van der Waals surface area contributed by atoms with E-state index in [-0.39, 0.29) is 17.9 Å². The quantitative estimate of drug-likeness (QED) is 0.658. The highest BCUT2D eigenvalue weighted by Crippen LogP contribution is 2.26. The fourth-order valence-electron chi connectivity index (χ4n) is 2.95. The SMILES string of the molecule is CC(=O)N[C@H](CC(C)C)c1nc(C(=O)Nc2cccc3nnc(C)cc23)cs1. The van der Waals surface area contributed by atoms with Gasteiger partial charge in [-0.05, 0) is 37.5 Å². The topological polar surface area (TPSA) is 96.9 Å². The first-order chi connectivity index (χ1) is 13.3. The molecule has 1 aromatic carbocycles. The highest BCUT2D eigenvalue weighted by molar-refractivity contribution is 7.10. The van der Waals surface area contributed by atoms with Crippen molar-refractivity contribution in [2.24, 2.45) is 5.92 Å². The lowest BCUT2D eigenvalue weighted by Crippen LogP contribution is -2.27. The average molecular weight is 398 g/mol. The van der Waals surface area contributed by atoms with Crippen LogP contribution in [0.3, 0.4) is 0 Å². The molecule has 2 amide bonds. The number of aromatic nitrogens is 3. The second kappa shape index (κ2) is 8.43. The molecular formula is C20H23N5O2S. The Morgan fingerprint density at radius 1 is 1.21 bits per heavy atom. The lowest BCUT2D eigenvalue weighted by Gasteiger charge is -2.17. The largest absolute Gasteiger partial charge is 0.347 e. The van der Waals surface area contributed by atoms with Gasteiger partial charge < -0.3 is 10.6 Å². The molecular weight excluding hydrogens is 374 g/mol. The maximum atomic E-state index is 12.7. The number of anilines is 1. The zero-order chi connectivity index (χ0) is 20.3. The summed E-state index contributed by atoms with van der Waals surface area (Å²) in [6, 6.07) is 7.19. The molecule has 0 bridgehead atoms. The number of nitrogens with one attached hydrogen (secondary N) is 2. The summed E-state index contributed by atoms with van der Waals surface area (Å²) in [6.45, 7) is 7.51. The highest BCUT2D eigenvalue weighted by atomic mass is 32.1. The zero-order valence-corrected chi connectivity index (χ0v) is 17.1. The number of hydrogen-bond acceptors (Lipinski definition) is 6. The molecule has 0 saturated heterocycles. The summed E-state index contributed by atoms with van der Waals surface area (Å²) in [7, 11) is 0. The van der Waals surface area contributed by atoms with Gasteiger partial charge in [0.1, 0.15) is 10.7 Å². The number of carbonyl (C=O) groups is 2. The minimum Gasteiger partial charge on any atom is -0.347 e. The summed E-state index contributed by atoms with van der Waals surface area (Å²) in [4.78, 5) is 28.7. The molecule has 0 saturated carbocycles. The van der Waals surface area contributed by atoms with Gasteiger partial charge in [-0.2, -0.15) is 10.2 Å². The van der Waals surface area contributed by atoms with Crippen LogP contribution in [0, 0.1) is 12.8 Å². The normalized spacial score (nSPS) is 12.2. The smallest absolute Gasteiger partial charge is 0.275 e. The van der Waals surface area contributed by atoms with Gasteiger partial charge in [0.25, 0.3) is 5.91 Å². The Bertz CT molecular complexity index is 1010. The first-order valence-corrected chi connectivity index (χ1v) is 9.98. The number of hydrogen-bond donors (Lipinski definition) is 2. The van der Waals surface area contributed by atoms with Crippen LogP contribution in [-0.2, 0) is 4.79 Å². The van der Waals surface area contributed by atoms with E-state index in [0.717, 1.165) is 22.5 Å². The van der Waals surface area contributed by atoms with Crippen molar-refractivity contribution in [3.63, 3.8) is 0 Å². The summed E-state index contributed by atoms with van der Waals surface area (Å²) < 4.78 is 0. The van der Waals surface area contributed by atoms with Gasteiger partial charge in [0.05, 0.1) is 22.9 Å². The monoisotopic (exact) mass is 397 g/mol. The van der Waals surface area contributed by atoms with Gasteiger partial charge in [-0.15, -0.1) is 11.3 Å². The molecule has 0 radical (unpaired) electrons. The molecule has 2 aromatic heterocycles. The summed E-state index contributed by atoms with van der Waals surface area (Å²) in [5.41, 5.74) is 2.48. The van der Waals surface area contributed by atoms with Crippen LogP contribution >= 0.6 is 11.3 Å². The van der Waals surface area contributed by atoms with Gasteiger partial charge in [0, 0.05) is 17.7 Å². The molecule has 0 fully saturated rings. The van der Waals surface area contributed by atoms with E-state index in [4.69, 9.17) is 0 Å². The molecule has 7 nitrogen and oxygen atoms in total. The van der Waals surface area contributed by atoms with E-state index in [2.05, 4.69) is 39.7 Å². The van der Waals surface area contributed by atoms with E-state index in [1.54, 1.807) is 5.38 Å². The summed E-state index contributed by atoms with van der Waals surface area (Å²) in [5, 5.41) is 17.3. The van der Waals surface area contributed by atoms with Crippen LogP contribution in [0.4, 0.5) is 5.69 Å².